The molecule has 2 N–H and O–H groups in total. The monoisotopic (exact) mass is 367 g/mol. The Morgan fingerprint density at radius 2 is 2.04 bits per heavy atom. The Morgan fingerprint density at radius 1 is 1.26 bits per heavy atom. The molecule has 0 saturated carbocycles. The van der Waals surface area contributed by atoms with Gasteiger partial charge < -0.3 is 15.4 Å². The Hall–Kier alpha value is -2.73. The molecule has 1 aromatic carbocycles. The van der Waals surface area contributed by atoms with Gasteiger partial charge in [0.05, 0.1) is 13.2 Å². The second kappa shape index (κ2) is 7.88. The second-order valence-corrected chi connectivity index (χ2v) is 7.24. The first-order valence-corrected chi connectivity index (χ1v) is 9.13. The zero-order chi connectivity index (χ0) is 19.4. The number of pyridine rings is 1. The summed E-state index contributed by atoms with van der Waals surface area (Å²) in [5.41, 5.74) is 7.44. The summed E-state index contributed by atoms with van der Waals surface area (Å²) in [7, 11) is 0. The maximum absolute atomic E-state index is 12.4. The number of carbonyl (C=O) groups excluding carboxylic acids is 2. The van der Waals surface area contributed by atoms with E-state index in [0.29, 0.717) is 19.6 Å². The topological polar surface area (TPSA) is 85.5 Å². The number of morpholine rings is 1. The SMILES string of the molecule is CC(C)C(=O)N1CCO[C@@](Cc2cccc(-c3cccnc3)c2)(C(N)=O)C1. The zero-order valence-corrected chi connectivity index (χ0v) is 15.7. The highest BCUT2D eigenvalue weighted by molar-refractivity contribution is 5.86. The molecule has 1 aromatic heterocycles. The molecule has 1 atom stereocenters. The van der Waals surface area contributed by atoms with Gasteiger partial charge in [0.25, 0.3) is 5.91 Å². The van der Waals surface area contributed by atoms with E-state index in [4.69, 9.17) is 10.5 Å². The van der Waals surface area contributed by atoms with Crippen LogP contribution in [-0.4, -0.2) is 47.0 Å². The third kappa shape index (κ3) is 4.17. The highest BCUT2D eigenvalue weighted by atomic mass is 16.5. The van der Waals surface area contributed by atoms with E-state index in [1.54, 1.807) is 17.3 Å². The fourth-order valence-corrected chi connectivity index (χ4v) is 3.40. The molecule has 0 spiro atoms. The third-order valence-corrected chi connectivity index (χ3v) is 4.85. The Balaban J connectivity index is 1.87. The number of nitrogens with two attached hydrogens (primary N) is 1. The molecule has 6 heteroatoms. The average molecular weight is 367 g/mol. The molecule has 142 valence electrons. The molecule has 3 rings (SSSR count). The van der Waals surface area contributed by atoms with Gasteiger partial charge in [0.2, 0.25) is 5.91 Å². The minimum absolute atomic E-state index is 0.00744. The summed E-state index contributed by atoms with van der Waals surface area (Å²) in [6, 6.07) is 11.7. The van der Waals surface area contributed by atoms with Crippen molar-refractivity contribution in [3.05, 3.63) is 54.4 Å². The van der Waals surface area contributed by atoms with E-state index in [0.717, 1.165) is 16.7 Å². The van der Waals surface area contributed by atoms with Gasteiger partial charge in [-0.1, -0.05) is 44.2 Å². The number of nitrogens with zero attached hydrogens (tertiary/aromatic N) is 2. The van der Waals surface area contributed by atoms with Gasteiger partial charge in [-0.05, 0) is 22.8 Å². The summed E-state index contributed by atoms with van der Waals surface area (Å²) in [4.78, 5) is 30.6. The normalized spacial score (nSPS) is 19.9. The minimum Gasteiger partial charge on any atom is -0.367 e. The first kappa shape index (κ1) is 19.0. The van der Waals surface area contributed by atoms with Crippen molar-refractivity contribution in [3.63, 3.8) is 0 Å². The number of rotatable bonds is 5. The van der Waals surface area contributed by atoms with E-state index in [9.17, 15) is 9.59 Å². The Bertz CT molecular complexity index is 822. The van der Waals surface area contributed by atoms with Crippen LogP contribution in [-0.2, 0) is 20.7 Å². The summed E-state index contributed by atoms with van der Waals surface area (Å²) < 4.78 is 5.86. The molecule has 6 nitrogen and oxygen atoms in total. The highest BCUT2D eigenvalue weighted by Crippen LogP contribution is 2.27. The summed E-state index contributed by atoms with van der Waals surface area (Å²) in [6.45, 7) is 4.64. The lowest BCUT2D eigenvalue weighted by Crippen LogP contribution is -2.61. The maximum Gasteiger partial charge on any atom is 0.251 e. The van der Waals surface area contributed by atoms with Crippen LogP contribution in [0.25, 0.3) is 11.1 Å². The van der Waals surface area contributed by atoms with Crippen LogP contribution < -0.4 is 5.73 Å². The zero-order valence-electron chi connectivity index (χ0n) is 15.7. The molecule has 0 bridgehead atoms. The number of primary amides is 1. The lowest BCUT2D eigenvalue weighted by atomic mass is 9.90. The average Bonchev–Trinajstić information content (AvgIpc) is 2.68. The predicted octanol–water partition coefficient (Wildman–Crippen LogP) is 2.03. The van der Waals surface area contributed by atoms with E-state index in [-0.39, 0.29) is 18.4 Å². The van der Waals surface area contributed by atoms with E-state index in [2.05, 4.69) is 4.98 Å². The number of amides is 2. The Labute approximate surface area is 159 Å². The molecule has 1 saturated heterocycles. The highest BCUT2D eigenvalue weighted by Gasteiger charge is 2.44. The van der Waals surface area contributed by atoms with Gasteiger partial charge in [0.1, 0.15) is 0 Å². The van der Waals surface area contributed by atoms with E-state index in [1.165, 1.54) is 0 Å². The molecule has 1 fully saturated rings. The maximum atomic E-state index is 12.4. The fraction of sp³-hybridized carbons (Fsp3) is 0.381. The fourth-order valence-electron chi connectivity index (χ4n) is 3.40. The number of hydrogen-bond acceptors (Lipinski definition) is 4. The smallest absolute Gasteiger partial charge is 0.251 e. The van der Waals surface area contributed by atoms with E-state index >= 15 is 0 Å². The van der Waals surface area contributed by atoms with Gasteiger partial charge in [-0.2, -0.15) is 0 Å². The molecule has 27 heavy (non-hydrogen) atoms. The van der Waals surface area contributed by atoms with Crippen molar-refractivity contribution in [2.45, 2.75) is 25.9 Å². The van der Waals surface area contributed by atoms with E-state index < -0.39 is 11.5 Å². The van der Waals surface area contributed by atoms with Crippen molar-refractivity contribution >= 4 is 11.8 Å². The van der Waals surface area contributed by atoms with Crippen LogP contribution in [0.3, 0.4) is 0 Å². The van der Waals surface area contributed by atoms with E-state index in [1.807, 2.05) is 50.2 Å². The summed E-state index contributed by atoms with van der Waals surface area (Å²) in [5.74, 6) is -0.675. The van der Waals surface area contributed by atoms with Crippen LogP contribution in [0.2, 0.25) is 0 Å². The number of hydrogen-bond donors (Lipinski definition) is 1. The lowest BCUT2D eigenvalue weighted by Gasteiger charge is -2.41. The standard InChI is InChI=1S/C21H25N3O3/c1-15(2)19(25)24-9-10-27-21(14-24,20(22)26)12-16-5-3-6-17(11-16)18-7-4-8-23-13-18/h3-8,11,13,15H,9-10,12,14H2,1-2H3,(H2,22,26)/t21-/m1/s1. The summed E-state index contributed by atoms with van der Waals surface area (Å²) >= 11 is 0. The first-order chi connectivity index (χ1) is 12.9. The third-order valence-electron chi connectivity index (χ3n) is 4.85. The molecule has 2 heterocycles. The molecular formula is C21H25N3O3. The van der Waals surface area contributed by atoms with Crippen LogP contribution >= 0.6 is 0 Å². The van der Waals surface area contributed by atoms with Crippen LogP contribution in [0.15, 0.2) is 48.8 Å². The predicted molar refractivity (Wildman–Crippen MR) is 103 cm³/mol. The van der Waals surface area contributed by atoms with Gasteiger partial charge in [0, 0.05) is 31.3 Å². The minimum atomic E-state index is -1.21. The largest absolute Gasteiger partial charge is 0.367 e. The second-order valence-electron chi connectivity index (χ2n) is 7.24. The van der Waals surface area contributed by atoms with Crippen molar-refractivity contribution in [2.24, 2.45) is 11.7 Å². The van der Waals surface area contributed by atoms with Crippen molar-refractivity contribution in [3.8, 4) is 11.1 Å². The van der Waals surface area contributed by atoms with Gasteiger partial charge in [-0.25, -0.2) is 0 Å². The number of aromatic nitrogens is 1. The Kier molecular flexibility index (Phi) is 5.56. The molecule has 0 radical (unpaired) electrons. The van der Waals surface area contributed by atoms with Gasteiger partial charge >= 0.3 is 0 Å². The van der Waals surface area contributed by atoms with Gasteiger partial charge in [-0.15, -0.1) is 0 Å². The molecular weight excluding hydrogens is 342 g/mol. The van der Waals surface area contributed by atoms with Crippen LogP contribution in [0.4, 0.5) is 0 Å². The quantitative estimate of drug-likeness (QED) is 0.876. The Morgan fingerprint density at radius 3 is 2.70 bits per heavy atom. The van der Waals surface area contributed by atoms with Crippen molar-refractivity contribution < 1.29 is 14.3 Å². The van der Waals surface area contributed by atoms with Gasteiger partial charge in [-0.3, -0.25) is 14.6 Å². The van der Waals surface area contributed by atoms with Gasteiger partial charge in [0.15, 0.2) is 5.60 Å². The van der Waals surface area contributed by atoms with Crippen LogP contribution in [0.1, 0.15) is 19.4 Å². The summed E-state index contributed by atoms with van der Waals surface area (Å²) in [5, 5.41) is 0. The molecule has 2 aromatic rings. The molecule has 1 aliphatic heterocycles. The van der Waals surface area contributed by atoms with Crippen LogP contribution in [0, 0.1) is 5.92 Å². The van der Waals surface area contributed by atoms with Crippen molar-refractivity contribution in [1.82, 2.24) is 9.88 Å². The molecule has 2 amide bonds. The van der Waals surface area contributed by atoms with Crippen molar-refractivity contribution in [2.75, 3.05) is 19.7 Å². The lowest BCUT2D eigenvalue weighted by molar-refractivity contribution is -0.165. The number of ether oxygens (including phenoxy) is 1. The first-order valence-electron chi connectivity index (χ1n) is 9.13. The number of carbonyl (C=O) groups is 2. The van der Waals surface area contributed by atoms with Crippen LogP contribution in [0.5, 0.6) is 0 Å². The number of benzene rings is 1. The van der Waals surface area contributed by atoms with Crippen molar-refractivity contribution in [1.29, 1.82) is 0 Å². The molecule has 0 aliphatic carbocycles. The molecule has 0 unspecified atom stereocenters. The summed E-state index contributed by atoms with van der Waals surface area (Å²) in [6.07, 6.45) is 3.84. The molecule has 1 aliphatic rings.